The van der Waals surface area contributed by atoms with Crippen molar-refractivity contribution in [3.8, 4) is 0 Å². The first-order valence-electron chi connectivity index (χ1n) is 7.81. The Labute approximate surface area is 127 Å². The Balaban J connectivity index is 1.75. The summed E-state index contributed by atoms with van der Waals surface area (Å²) in [4.78, 5) is 2.27. The molecule has 1 heterocycles. The third kappa shape index (κ3) is 6.14. The van der Waals surface area contributed by atoms with Gasteiger partial charge in [0.05, 0.1) is 31.5 Å². The smallest absolute Gasteiger partial charge is 0.0900 e. The van der Waals surface area contributed by atoms with Crippen LogP contribution in [0.3, 0.4) is 0 Å². The number of hydrogen-bond acceptors (Lipinski definition) is 4. The molecule has 1 aromatic rings. The Morgan fingerprint density at radius 3 is 2.81 bits per heavy atom. The molecule has 1 N–H and O–H groups in total. The molecular formula is C17H27NO3. The van der Waals surface area contributed by atoms with Crippen molar-refractivity contribution in [1.82, 2.24) is 4.90 Å². The SMILES string of the molecule is CC(C)OCC(O)CN1CCOC(Cc2ccccc2)C1. The largest absolute Gasteiger partial charge is 0.389 e. The normalized spacial score (nSPS) is 21.6. The average Bonchev–Trinajstić information content (AvgIpc) is 2.46. The van der Waals surface area contributed by atoms with Crippen molar-refractivity contribution in [2.75, 3.05) is 32.8 Å². The van der Waals surface area contributed by atoms with Gasteiger partial charge in [-0.25, -0.2) is 0 Å². The first kappa shape index (κ1) is 16.4. The maximum atomic E-state index is 10.0. The highest BCUT2D eigenvalue weighted by atomic mass is 16.5. The molecule has 1 saturated heterocycles. The average molecular weight is 293 g/mol. The van der Waals surface area contributed by atoms with E-state index in [2.05, 4.69) is 29.2 Å². The summed E-state index contributed by atoms with van der Waals surface area (Å²) >= 11 is 0. The van der Waals surface area contributed by atoms with Gasteiger partial charge in [0.1, 0.15) is 0 Å². The van der Waals surface area contributed by atoms with Gasteiger partial charge in [-0.05, 0) is 25.8 Å². The zero-order valence-electron chi connectivity index (χ0n) is 13.1. The molecule has 0 aliphatic carbocycles. The maximum Gasteiger partial charge on any atom is 0.0900 e. The summed E-state index contributed by atoms with van der Waals surface area (Å²) in [5.74, 6) is 0. The van der Waals surface area contributed by atoms with Gasteiger partial charge in [0.2, 0.25) is 0 Å². The van der Waals surface area contributed by atoms with Crippen molar-refractivity contribution < 1.29 is 14.6 Å². The van der Waals surface area contributed by atoms with Crippen LogP contribution in [-0.2, 0) is 15.9 Å². The molecule has 4 heteroatoms. The second-order valence-corrected chi connectivity index (χ2v) is 5.98. The number of ether oxygens (including phenoxy) is 2. The van der Waals surface area contributed by atoms with E-state index in [1.54, 1.807) is 0 Å². The molecule has 0 spiro atoms. The van der Waals surface area contributed by atoms with E-state index >= 15 is 0 Å². The van der Waals surface area contributed by atoms with Crippen molar-refractivity contribution >= 4 is 0 Å². The fourth-order valence-corrected chi connectivity index (χ4v) is 2.60. The lowest BCUT2D eigenvalue weighted by molar-refractivity contribution is -0.0556. The Kier molecular flexibility index (Phi) is 6.64. The van der Waals surface area contributed by atoms with E-state index in [-0.39, 0.29) is 12.2 Å². The van der Waals surface area contributed by atoms with Crippen LogP contribution in [0.2, 0.25) is 0 Å². The lowest BCUT2D eigenvalue weighted by atomic mass is 10.1. The molecule has 0 amide bonds. The monoisotopic (exact) mass is 293 g/mol. The minimum atomic E-state index is -0.428. The van der Waals surface area contributed by atoms with E-state index in [0.717, 1.165) is 26.1 Å². The fourth-order valence-electron chi connectivity index (χ4n) is 2.60. The van der Waals surface area contributed by atoms with Crippen LogP contribution in [0.15, 0.2) is 30.3 Å². The molecule has 1 fully saturated rings. The molecule has 21 heavy (non-hydrogen) atoms. The van der Waals surface area contributed by atoms with Gasteiger partial charge in [0, 0.05) is 19.6 Å². The maximum absolute atomic E-state index is 10.0. The Bertz CT molecular complexity index is 396. The van der Waals surface area contributed by atoms with Gasteiger partial charge in [-0.3, -0.25) is 4.90 Å². The van der Waals surface area contributed by atoms with Crippen molar-refractivity contribution in [3.63, 3.8) is 0 Å². The number of benzene rings is 1. The van der Waals surface area contributed by atoms with Crippen LogP contribution in [0.1, 0.15) is 19.4 Å². The Hall–Kier alpha value is -0.940. The molecule has 2 atom stereocenters. The van der Waals surface area contributed by atoms with Gasteiger partial charge < -0.3 is 14.6 Å². The molecule has 1 aliphatic rings. The molecule has 118 valence electrons. The highest BCUT2D eigenvalue weighted by Gasteiger charge is 2.22. The zero-order valence-corrected chi connectivity index (χ0v) is 13.1. The molecule has 1 aliphatic heterocycles. The van der Waals surface area contributed by atoms with E-state index in [9.17, 15) is 5.11 Å². The predicted molar refractivity (Wildman–Crippen MR) is 83.4 cm³/mol. The first-order chi connectivity index (χ1) is 10.1. The standard InChI is InChI=1S/C17H27NO3/c1-14(2)21-13-16(19)11-18-8-9-20-17(12-18)10-15-6-4-3-5-7-15/h3-7,14,16-17,19H,8-13H2,1-2H3. The Morgan fingerprint density at radius 1 is 1.33 bits per heavy atom. The second-order valence-electron chi connectivity index (χ2n) is 5.98. The summed E-state index contributed by atoms with van der Waals surface area (Å²) in [6.45, 7) is 7.50. The first-order valence-corrected chi connectivity index (χ1v) is 7.81. The quantitative estimate of drug-likeness (QED) is 0.831. The van der Waals surface area contributed by atoms with Gasteiger partial charge in [-0.1, -0.05) is 30.3 Å². The highest BCUT2D eigenvalue weighted by molar-refractivity contribution is 5.15. The minimum Gasteiger partial charge on any atom is -0.389 e. The molecule has 1 aromatic carbocycles. The number of rotatable bonds is 7. The van der Waals surface area contributed by atoms with Crippen LogP contribution in [0.25, 0.3) is 0 Å². The second kappa shape index (κ2) is 8.49. The Morgan fingerprint density at radius 2 is 2.10 bits per heavy atom. The van der Waals surface area contributed by atoms with Crippen molar-refractivity contribution in [2.24, 2.45) is 0 Å². The minimum absolute atomic E-state index is 0.162. The topological polar surface area (TPSA) is 41.9 Å². The van der Waals surface area contributed by atoms with Crippen molar-refractivity contribution in [2.45, 2.75) is 38.6 Å². The molecule has 0 bridgehead atoms. The van der Waals surface area contributed by atoms with E-state index in [1.807, 2.05) is 19.9 Å². The third-order valence-corrected chi connectivity index (χ3v) is 3.62. The number of morpholine rings is 1. The summed E-state index contributed by atoms with van der Waals surface area (Å²) in [5.41, 5.74) is 1.30. The van der Waals surface area contributed by atoms with Crippen LogP contribution < -0.4 is 0 Å². The van der Waals surface area contributed by atoms with Gasteiger partial charge >= 0.3 is 0 Å². The fraction of sp³-hybridized carbons (Fsp3) is 0.647. The summed E-state index contributed by atoms with van der Waals surface area (Å²) in [5, 5.41) is 10.0. The highest BCUT2D eigenvalue weighted by Crippen LogP contribution is 2.12. The number of β-amino-alcohol motifs (C(OH)–C–C–N with tert-alkyl or cyclic N) is 1. The predicted octanol–water partition coefficient (Wildman–Crippen LogP) is 1.72. The van der Waals surface area contributed by atoms with Gasteiger partial charge in [-0.15, -0.1) is 0 Å². The van der Waals surface area contributed by atoms with Crippen molar-refractivity contribution in [1.29, 1.82) is 0 Å². The molecule has 0 aromatic heterocycles. The molecule has 0 radical (unpaired) electrons. The molecule has 2 rings (SSSR count). The van der Waals surface area contributed by atoms with Gasteiger partial charge in [-0.2, -0.15) is 0 Å². The third-order valence-electron chi connectivity index (χ3n) is 3.62. The molecule has 2 unspecified atom stereocenters. The lowest BCUT2D eigenvalue weighted by Crippen LogP contribution is -2.47. The van der Waals surface area contributed by atoms with Crippen LogP contribution >= 0.6 is 0 Å². The van der Waals surface area contributed by atoms with Crippen LogP contribution in [0.5, 0.6) is 0 Å². The van der Waals surface area contributed by atoms with E-state index < -0.39 is 6.10 Å². The molecule has 0 saturated carbocycles. The van der Waals surface area contributed by atoms with E-state index in [4.69, 9.17) is 9.47 Å². The number of aliphatic hydroxyl groups excluding tert-OH is 1. The number of aliphatic hydroxyl groups is 1. The van der Waals surface area contributed by atoms with Gasteiger partial charge in [0.25, 0.3) is 0 Å². The summed E-state index contributed by atoms with van der Waals surface area (Å²) < 4.78 is 11.3. The summed E-state index contributed by atoms with van der Waals surface area (Å²) in [7, 11) is 0. The van der Waals surface area contributed by atoms with Crippen LogP contribution in [0.4, 0.5) is 0 Å². The van der Waals surface area contributed by atoms with Crippen LogP contribution in [0, 0.1) is 0 Å². The lowest BCUT2D eigenvalue weighted by Gasteiger charge is -2.34. The van der Waals surface area contributed by atoms with E-state index in [1.165, 1.54) is 5.56 Å². The zero-order chi connectivity index (χ0) is 15.1. The van der Waals surface area contributed by atoms with Gasteiger partial charge in [0.15, 0.2) is 0 Å². The van der Waals surface area contributed by atoms with Crippen molar-refractivity contribution in [3.05, 3.63) is 35.9 Å². The van der Waals surface area contributed by atoms with E-state index in [0.29, 0.717) is 13.2 Å². The molecule has 4 nitrogen and oxygen atoms in total. The van der Waals surface area contributed by atoms with Crippen LogP contribution in [-0.4, -0.2) is 61.2 Å². The summed E-state index contributed by atoms with van der Waals surface area (Å²) in [6.07, 6.45) is 0.869. The number of nitrogens with zero attached hydrogens (tertiary/aromatic N) is 1. The summed E-state index contributed by atoms with van der Waals surface area (Å²) in [6, 6.07) is 10.4. The molecular weight excluding hydrogens is 266 g/mol. The number of hydrogen-bond donors (Lipinski definition) is 1.